The van der Waals surface area contributed by atoms with Crippen molar-refractivity contribution in [3.05, 3.63) is 75.8 Å². The molecule has 0 saturated heterocycles. The van der Waals surface area contributed by atoms with Crippen molar-refractivity contribution >= 4 is 11.9 Å². The van der Waals surface area contributed by atoms with Gasteiger partial charge in [-0.05, 0) is 55.2 Å². The highest BCUT2D eigenvalue weighted by atomic mass is 16.5. The summed E-state index contributed by atoms with van der Waals surface area (Å²) < 4.78 is 7.80. The van der Waals surface area contributed by atoms with E-state index in [-0.39, 0.29) is 23.9 Å². The molecule has 9 nitrogen and oxygen atoms in total. The summed E-state index contributed by atoms with van der Waals surface area (Å²) in [7, 11) is 3.16. The van der Waals surface area contributed by atoms with Gasteiger partial charge in [0.05, 0.1) is 23.9 Å². The molecule has 0 radical (unpaired) electrons. The Morgan fingerprint density at radius 2 is 1.68 bits per heavy atom. The number of carboxylic acids is 1. The Morgan fingerprint density at radius 1 is 1.05 bits per heavy atom. The molecule has 1 aromatic heterocycles. The molecule has 1 heterocycles. The molecule has 0 bridgehead atoms. The zero-order chi connectivity index (χ0) is 26.7. The van der Waals surface area contributed by atoms with Gasteiger partial charge in [-0.3, -0.25) is 9.36 Å². The van der Waals surface area contributed by atoms with Crippen molar-refractivity contribution in [2.75, 3.05) is 7.11 Å². The number of aromatic hydroxyl groups is 1. The van der Waals surface area contributed by atoms with Crippen molar-refractivity contribution in [3.63, 3.8) is 0 Å². The van der Waals surface area contributed by atoms with Crippen molar-refractivity contribution in [1.82, 2.24) is 14.5 Å². The molecule has 1 fully saturated rings. The van der Waals surface area contributed by atoms with Gasteiger partial charge in [-0.2, -0.15) is 0 Å². The first-order valence-corrected chi connectivity index (χ1v) is 12.4. The number of nitrogens with zero attached hydrogens (tertiary/aromatic N) is 2. The van der Waals surface area contributed by atoms with Crippen molar-refractivity contribution in [3.8, 4) is 17.3 Å². The summed E-state index contributed by atoms with van der Waals surface area (Å²) in [5.41, 5.74) is 1.28. The summed E-state index contributed by atoms with van der Waals surface area (Å²) >= 11 is 0. The van der Waals surface area contributed by atoms with Gasteiger partial charge in [-0.25, -0.2) is 14.2 Å². The Balaban J connectivity index is 1.55. The van der Waals surface area contributed by atoms with Gasteiger partial charge in [0.1, 0.15) is 11.8 Å². The Labute approximate surface area is 215 Å². The lowest BCUT2D eigenvalue weighted by molar-refractivity contribution is -0.143. The number of aliphatic carboxylic acids is 1. The molecule has 1 atom stereocenters. The molecule has 1 aliphatic rings. The zero-order valence-corrected chi connectivity index (χ0v) is 21.4. The number of ether oxygens (including phenoxy) is 1. The number of hydrogen-bond donors (Lipinski definition) is 3. The third-order valence-electron chi connectivity index (χ3n) is 7.54. The quantitative estimate of drug-likeness (QED) is 0.430. The van der Waals surface area contributed by atoms with E-state index in [1.165, 1.54) is 9.13 Å². The number of methoxy groups -OCH3 is 1. The minimum Gasteiger partial charge on any atom is -0.497 e. The SMILES string of the molecule is COc1ccc(C2(C(=O)N[C@@H](Cc3ccc(-n4c(O)c(C)n(C)c4=O)cc3)C(=O)O)CCCCC2)cc1. The second-order valence-corrected chi connectivity index (χ2v) is 9.69. The first-order chi connectivity index (χ1) is 17.7. The maximum Gasteiger partial charge on any atom is 0.335 e. The lowest BCUT2D eigenvalue weighted by atomic mass is 9.68. The molecule has 3 N–H and O–H groups in total. The van der Waals surface area contributed by atoms with Crippen LogP contribution in [0.25, 0.3) is 5.69 Å². The normalized spacial score (nSPS) is 15.6. The van der Waals surface area contributed by atoms with E-state index < -0.39 is 17.4 Å². The van der Waals surface area contributed by atoms with E-state index in [4.69, 9.17) is 4.74 Å². The number of carbonyl (C=O) groups is 2. The van der Waals surface area contributed by atoms with Crippen LogP contribution in [0.3, 0.4) is 0 Å². The predicted octanol–water partition coefficient (Wildman–Crippen LogP) is 3.21. The number of benzene rings is 2. The van der Waals surface area contributed by atoms with E-state index >= 15 is 0 Å². The third kappa shape index (κ3) is 4.98. The maximum absolute atomic E-state index is 13.7. The Hall–Kier alpha value is -4.01. The summed E-state index contributed by atoms with van der Waals surface area (Å²) in [4.78, 5) is 38.3. The molecule has 37 heavy (non-hydrogen) atoms. The van der Waals surface area contributed by atoms with Crippen molar-refractivity contribution in [2.45, 2.75) is 56.9 Å². The van der Waals surface area contributed by atoms with Gasteiger partial charge >= 0.3 is 11.7 Å². The van der Waals surface area contributed by atoms with Crippen LogP contribution in [0.15, 0.2) is 53.3 Å². The number of carbonyl (C=O) groups excluding carboxylic acids is 1. The second-order valence-electron chi connectivity index (χ2n) is 9.69. The van der Waals surface area contributed by atoms with Gasteiger partial charge in [-0.15, -0.1) is 0 Å². The van der Waals surface area contributed by atoms with Crippen LogP contribution in [0, 0.1) is 6.92 Å². The average Bonchev–Trinajstić information content (AvgIpc) is 3.11. The largest absolute Gasteiger partial charge is 0.497 e. The lowest BCUT2D eigenvalue weighted by Gasteiger charge is -2.37. The molecular weight excluding hydrogens is 474 g/mol. The molecule has 0 aliphatic heterocycles. The van der Waals surface area contributed by atoms with Crippen LogP contribution in [-0.2, 0) is 28.5 Å². The number of hydrogen-bond acceptors (Lipinski definition) is 5. The van der Waals surface area contributed by atoms with Crippen molar-refractivity contribution < 1.29 is 24.5 Å². The summed E-state index contributed by atoms with van der Waals surface area (Å²) in [6, 6.07) is 13.0. The van der Waals surface area contributed by atoms with Gasteiger partial charge in [0.2, 0.25) is 11.8 Å². The number of carboxylic acid groups (broad SMARTS) is 1. The molecule has 196 valence electrons. The van der Waals surface area contributed by atoms with E-state index in [1.807, 2.05) is 24.3 Å². The number of rotatable bonds is 8. The molecule has 1 amide bonds. The molecular formula is C28H33N3O6. The van der Waals surface area contributed by atoms with Crippen LogP contribution < -0.4 is 15.7 Å². The fourth-order valence-electron chi connectivity index (χ4n) is 5.15. The monoisotopic (exact) mass is 507 g/mol. The molecule has 1 saturated carbocycles. The first kappa shape index (κ1) is 26.1. The van der Waals surface area contributed by atoms with E-state index in [0.29, 0.717) is 35.5 Å². The van der Waals surface area contributed by atoms with E-state index in [0.717, 1.165) is 24.8 Å². The van der Waals surface area contributed by atoms with Gasteiger partial charge in [0.25, 0.3) is 0 Å². The number of nitrogens with one attached hydrogen (secondary N) is 1. The standard InChI is InChI=1S/C28H33N3O6/c1-18-24(32)31(27(36)30(18)2)21-11-7-19(8-12-21)17-23(25(33)34)29-26(35)28(15-5-4-6-16-28)20-9-13-22(37-3)14-10-20/h7-14,23,32H,4-6,15-17H2,1-3H3,(H,29,35)(H,33,34)/t23-/m0/s1. The van der Waals surface area contributed by atoms with Crippen LogP contribution in [-0.4, -0.2) is 44.4 Å². The van der Waals surface area contributed by atoms with Crippen LogP contribution in [0.2, 0.25) is 0 Å². The van der Waals surface area contributed by atoms with Crippen LogP contribution in [0.4, 0.5) is 0 Å². The molecule has 9 heteroatoms. The summed E-state index contributed by atoms with van der Waals surface area (Å²) in [6.07, 6.45) is 4.21. The van der Waals surface area contributed by atoms with Crippen molar-refractivity contribution in [2.24, 2.45) is 7.05 Å². The number of aromatic nitrogens is 2. The van der Waals surface area contributed by atoms with Crippen LogP contribution in [0.1, 0.15) is 48.9 Å². The Morgan fingerprint density at radius 3 is 2.19 bits per heavy atom. The van der Waals surface area contributed by atoms with E-state index in [1.54, 1.807) is 45.3 Å². The van der Waals surface area contributed by atoms with Crippen LogP contribution >= 0.6 is 0 Å². The molecule has 1 aliphatic carbocycles. The highest BCUT2D eigenvalue weighted by Gasteiger charge is 2.42. The second kappa shape index (κ2) is 10.5. The summed E-state index contributed by atoms with van der Waals surface area (Å²) in [5.74, 6) is -0.848. The molecule has 3 aromatic rings. The Kier molecular flexibility index (Phi) is 7.42. The number of imidazole rings is 1. The molecule has 2 aromatic carbocycles. The highest BCUT2D eigenvalue weighted by Crippen LogP contribution is 2.40. The third-order valence-corrected chi connectivity index (χ3v) is 7.54. The van der Waals surface area contributed by atoms with Gasteiger partial charge in [0.15, 0.2) is 0 Å². The molecule has 4 rings (SSSR count). The fourth-order valence-corrected chi connectivity index (χ4v) is 5.15. The van der Waals surface area contributed by atoms with Gasteiger partial charge in [0, 0.05) is 13.5 Å². The summed E-state index contributed by atoms with van der Waals surface area (Å²) in [5, 5.41) is 23.1. The zero-order valence-electron chi connectivity index (χ0n) is 21.4. The van der Waals surface area contributed by atoms with Gasteiger partial charge in [-0.1, -0.05) is 43.5 Å². The van der Waals surface area contributed by atoms with E-state index in [9.17, 15) is 24.6 Å². The topological polar surface area (TPSA) is 123 Å². The van der Waals surface area contributed by atoms with E-state index in [2.05, 4.69) is 5.32 Å². The fraction of sp³-hybridized carbons (Fsp3) is 0.393. The van der Waals surface area contributed by atoms with Crippen molar-refractivity contribution in [1.29, 1.82) is 0 Å². The maximum atomic E-state index is 13.7. The highest BCUT2D eigenvalue weighted by molar-refractivity contribution is 5.91. The molecule has 0 unspecified atom stereocenters. The summed E-state index contributed by atoms with van der Waals surface area (Å²) in [6.45, 7) is 1.65. The smallest absolute Gasteiger partial charge is 0.335 e. The molecule has 0 spiro atoms. The van der Waals surface area contributed by atoms with Gasteiger partial charge < -0.3 is 20.3 Å². The minimum absolute atomic E-state index is 0.0781. The first-order valence-electron chi connectivity index (χ1n) is 12.4. The lowest BCUT2D eigenvalue weighted by Crippen LogP contribution is -2.52. The average molecular weight is 508 g/mol. The van der Waals surface area contributed by atoms with Crippen LogP contribution in [0.5, 0.6) is 11.6 Å². The minimum atomic E-state index is -1.12. The predicted molar refractivity (Wildman–Crippen MR) is 138 cm³/mol. The Bertz CT molecular complexity index is 1330. The number of amides is 1.